The molecule has 33 heavy (non-hydrogen) atoms. The SMILES string of the molecule is Cc1ccc(NC(=O)C(=O)N/N=C\c2cc(C(=O)O)ccc2Nc2ccccc2C)cc1F. The van der Waals surface area contributed by atoms with Gasteiger partial charge in [0.15, 0.2) is 0 Å². The molecule has 4 N–H and O–H groups in total. The maximum absolute atomic E-state index is 13.6. The van der Waals surface area contributed by atoms with E-state index in [-0.39, 0.29) is 11.3 Å². The summed E-state index contributed by atoms with van der Waals surface area (Å²) in [5, 5.41) is 18.5. The van der Waals surface area contributed by atoms with Crippen molar-refractivity contribution in [1.82, 2.24) is 5.43 Å². The number of hydrogen-bond acceptors (Lipinski definition) is 5. The Morgan fingerprint density at radius 3 is 2.36 bits per heavy atom. The first-order chi connectivity index (χ1) is 15.7. The highest BCUT2D eigenvalue weighted by Gasteiger charge is 2.14. The van der Waals surface area contributed by atoms with Gasteiger partial charge in [-0.1, -0.05) is 24.3 Å². The number of para-hydroxylation sites is 1. The molecule has 0 atom stereocenters. The van der Waals surface area contributed by atoms with Gasteiger partial charge in [-0.05, 0) is 61.4 Å². The number of nitrogens with one attached hydrogen (secondary N) is 3. The average molecular weight is 448 g/mol. The summed E-state index contributed by atoms with van der Waals surface area (Å²) in [7, 11) is 0. The first kappa shape index (κ1) is 23.1. The summed E-state index contributed by atoms with van der Waals surface area (Å²) >= 11 is 0. The number of carboxylic acids is 1. The van der Waals surface area contributed by atoms with Gasteiger partial charge in [-0.15, -0.1) is 0 Å². The number of amides is 2. The molecular formula is C24H21FN4O4. The Bertz CT molecular complexity index is 1260. The van der Waals surface area contributed by atoms with Crippen molar-refractivity contribution in [2.75, 3.05) is 10.6 Å². The summed E-state index contributed by atoms with van der Waals surface area (Å²) < 4.78 is 13.6. The lowest BCUT2D eigenvalue weighted by Gasteiger charge is -2.12. The monoisotopic (exact) mass is 448 g/mol. The molecule has 0 heterocycles. The molecule has 3 rings (SSSR count). The predicted octanol–water partition coefficient (Wildman–Crippen LogP) is 3.97. The van der Waals surface area contributed by atoms with Crippen molar-refractivity contribution >= 4 is 41.1 Å². The highest BCUT2D eigenvalue weighted by atomic mass is 19.1. The number of halogens is 1. The van der Waals surface area contributed by atoms with Crippen molar-refractivity contribution in [2.24, 2.45) is 5.10 Å². The third-order valence-electron chi connectivity index (χ3n) is 4.72. The van der Waals surface area contributed by atoms with Crippen LogP contribution in [0.4, 0.5) is 21.5 Å². The van der Waals surface area contributed by atoms with Crippen LogP contribution >= 0.6 is 0 Å². The largest absolute Gasteiger partial charge is 0.478 e. The molecule has 0 spiro atoms. The fourth-order valence-corrected chi connectivity index (χ4v) is 2.84. The summed E-state index contributed by atoms with van der Waals surface area (Å²) in [5.41, 5.74) is 5.34. The quantitative estimate of drug-likeness (QED) is 0.258. The number of anilines is 3. The number of carboxylic acid groups (broad SMARTS) is 1. The van der Waals surface area contributed by atoms with Gasteiger partial charge in [-0.2, -0.15) is 5.10 Å². The van der Waals surface area contributed by atoms with E-state index in [9.17, 15) is 23.9 Å². The summed E-state index contributed by atoms with van der Waals surface area (Å²) in [5.74, 6) is -3.75. The molecular weight excluding hydrogens is 427 g/mol. The summed E-state index contributed by atoms with van der Waals surface area (Å²) in [6.07, 6.45) is 1.23. The van der Waals surface area contributed by atoms with Crippen LogP contribution in [0.25, 0.3) is 0 Å². The zero-order valence-corrected chi connectivity index (χ0v) is 17.8. The topological polar surface area (TPSA) is 120 Å². The molecule has 0 aliphatic carbocycles. The van der Waals surface area contributed by atoms with E-state index in [1.54, 1.807) is 13.0 Å². The number of hydrazone groups is 1. The third kappa shape index (κ3) is 6.01. The predicted molar refractivity (Wildman–Crippen MR) is 123 cm³/mol. The zero-order chi connectivity index (χ0) is 24.0. The first-order valence-corrected chi connectivity index (χ1v) is 9.85. The fraction of sp³-hybridized carbons (Fsp3) is 0.0833. The molecule has 0 radical (unpaired) electrons. The van der Waals surface area contributed by atoms with Crippen LogP contribution < -0.4 is 16.1 Å². The van der Waals surface area contributed by atoms with Crippen LogP contribution in [0.15, 0.2) is 65.8 Å². The van der Waals surface area contributed by atoms with Gasteiger partial charge < -0.3 is 15.7 Å². The summed E-state index contributed by atoms with van der Waals surface area (Å²) in [4.78, 5) is 35.4. The second kappa shape index (κ2) is 10.2. The van der Waals surface area contributed by atoms with E-state index in [2.05, 4.69) is 21.2 Å². The van der Waals surface area contributed by atoms with Crippen LogP contribution in [0, 0.1) is 19.7 Å². The normalized spacial score (nSPS) is 10.6. The Morgan fingerprint density at radius 1 is 0.909 bits per heavy atom. The third-order valence-corrected chi connectivity index (χ3v) is 4.72. The van der Waals surface area contributed by atoms with Gasteiger partial charge in [-0.25, -0.2) is 14.6 Å². The minimum Gasteiger partial charge on any atom is -0.478 e. The minimum absolute atomic E-state index is 0.0252. The standard InChI is InChI=1S/C24H21FN4O4/c1-14-7-9-18(12-19(14)25)27-22(30)23(31)29-26-13-17-11-16(24(32)33)8-10-21(17)28-20-6-4-3-5-15(20)2/h3-13,28H,1-2H3,(H,27,30)(H,29,31)(H,32,33)/b26-13-. The van der Waals surface area contributed by atoms with Crippen LogP contribution in [0.2, 0.25) is 0 Å². The van der Waals surface area contributed by atoms with Crippen molar-refractivity contribution in [1.29, 1.82) is 0 Å². The Labute approximate surface area is 189 Å². The van der Waals surface area contributed by atoms with Gasteiger partial charge in [0.25, 0.3) is 0 Å². The molecule has 3 aromatic rings. The van der Waals surface area contributed by atoms with Crippen LogP contribution in [-0.4, -0.2) is 29.1 Å². The molecule has 0 saturated heterocycles. The molecule has 9 heteroatoms. The van der Waals surface area contributed by atoms with Gasteiger partial charge in [0.05, 0.1) is 11.8 Å². The molecule has 0 aromatic heterocycles. The van der Waals surface area contributed by atoms with Crippen LogP contribution in [0.1, 0.15) is 27.0 Å². The van der Waals surface area contributed by atoms with E-state index in [1.807, 2.05) is 31.2 Å². The van der Waals surface area contributed by atoms with Crippen molar-refractivity contribution in [3.05, 3.63) is 88.7 Å². The Hall–Kier alpha value is -4.53. The fourth-order valence-electron chi connectivity index (χ4n) is 2.84. The lowest BCUT2D eigenvalue weighted by molar-refractivity contribution is -0.136. The van der Waals surface area contributed by atoms with Gasteiger partial charge in [0, 0.05) is 22.6 Å². The highest BCUT2D eigenvalue weighted by molar-refractivity contribution is 6.39. The number of benzene rings is 3. The minimum atomic E-state index is -1.12. The van der Waals surface area contributed by atoms with Crippen LogP contribution in [0.3, 0.4) is 0 Å². The second-order valence-electron chi connectivity index (χ2n) is 7.16. The number of nitrogens with zero attached hydrogens (tertiary/aromatic N) is 1. The molecule has 0 bridgehead atoms. The maximum atomic E-state index is 13.6. The molecule has 168 valence electrons. The highest BCUT2D eigenvalue weighted by Crippen LogP contribution is 2.23. The number of aromatic carboxylic acids is 1. The van der Waals surface area contributed by atoms with Crippen molar-refractivity contribution in [3.63, 3.8) is 0 Å². The zero-order valence-electron chi connectivity index (χ0n) is 17.8. The molecule has 0 aliphatic heterocycles. The van der Waals surface area contributed by atoms with Crippen molar-refractivity contribution in [2.45, 2.75) is 13.8 Å². The van der Waals surface area contributed by atoms with E-state index < -0.39 is 23.6 Å². The molecule has 0 saturated carbocycles. The van der Waals surface area contributed by atoms with Gasteiger partial charge >= 0.3 is 17.8 Å². The molecule has 8 nitrogen and oxygen atoms in total. The Kier molecular flexibility index (Phi) is 7.14. The van der Waals surface area contributed by atoms with E-state index >= 15 is 0 Å². The first-order valence-electron chi connectivity index (χ1n) is 9.85. The van der Waals surface area contributed by atoms with E-state index in [0.717, 1.165) is 17.3 Å². The summed E-state index contributed by atoms with van der Waals surface area (Å²) in [6.45, 7) is 3.49. The number of carbonyl (C=O) groups excluding carboxylic acids is 2. The molecule has 2 amide bonds. The molecule has 0 aliphatic rings. The molecule has 0 fully saturated rings. The Balaban J connectivity index is 1.74. The second-order valence-corrected chi connectivity index (χ2v) is 7.16. The van der Waals surface area contributed by atoms with Gasteiger partial charge in [0.1, 0.15) is 5.82 Å². The summed E-state index contributed by atoms with van der Waals surface area (Å²) in [6, 6.07) is 16.0. The number of aryl methyl sites for hydroxylation is 2. The van der Waals surface area contributed by atoms with E-state index in [1.165, 1.54) is 30.5 Å². The van der Waals surface area contributed by atoms with E-state index in [4.69, 9.17) is 0 Å². The van der Waals surface area contributed by atoms with Gasteiger partial charge in [0.2, 0.25) is 0 Å². The lowest BCUT2D eigenvalue weighted by Crippen LogP contribution is -2.32. The van der Waals surface area contributed by atoms with Crippen molar-refractivity contribution in [3.8, 4) is 0 Å². The average Bonchev–Trinajstić information content (AvgIpc) is 2.78. The smallest absolute Gasteiger partial charge is 0.335 e. The van der Waals surface area contributed by atoms with E-state index in [0.29, 0.717) is 16.8 Å². The number of carbonyl (C=O) groups is 3. The molecule has 3 aromatic carbocycles. The van der Waals surface area contributed by atoms with Crippen LogP contribution in [0.5, 0.6) is 0 Å². The van der Waals surface area contributed by atoms with Crippen LogP contribution in [-0.2, 0) is 9.59 Å². The number of hydrogen-bond donors (Lipinski definition) is 4. The maximum Gasteiger partial charge on any atom is 0.335 e. The molecule has 0 unspecified atom stereocenters. The Morgan fingerprint density at radius 2 is 1.67 bits per heavy atom. The number of rotatable bonds is 6. The lowest BCUT2D eigenvalue weighted by atomic mass is 10.1. The van der Waals surface area contributed by atoms with Crippen molar-refractivity contribution < 1.29 is 23.9 Å². The van der Waals surface area contributed by atoms with Gasteiger partial charge in [-0.3, -0.25) is 9.59 Å².